The molecule has 1 unspecified atom stereocenters. The molecule has 2 aromatic carbocycles. The van der Waals surface area contributed by atoms with Gasteiger partial charge in [0.25, 0.3) is 5.56 Å². The number of nitrogens with zero attached hydrogens (tertiary/aromatic N) is 1. The number of fused-ring (bicyclic) bond motifs is 3. The molecule has 1 heterocycles. The number of pyridine rings is 1. The van der Waals surface area contributed by atoms with Crippen LogP contribution < -0.4 is 10.9 Å². The summed E-state index contributed by atoms with van der Waals surface area (Å²) < 4.78 is 6.81. The second kappa shape index (κ2) is 8.47. The van der Waals surface area contributed by atoms with Crippen molar-refractivity contribution in [1.82, 2.24) is 9.88 Å². The molecule has 0 bridgehead atoms. The quantitative estimate of drug-likeness (QED) is 0.642. The van der Waals surface area contributed by atoms with Crippen molar-refractivity contribution in [2.75, 3.05) is 6.61 Å². The van der Waals surface area contributed by atoms with Crippen molar-refractivity contribution in [1.29, 1.82) is 0 Å². The van der Waals surface area contributed by atoms with Crippen molar-refractivity contribution in [2.24, 2.45) is 7.05 Å². The van der Waals surface area contributed by atoms with Gasteiger partial charge in [-0.25, -0.2) is 9.59 Å². The van der Waals surface area contributed by atoms with Crippen LogP contribution in [0.15, 0.2) is 71.7 Å². The van der Waals surface area contributed by atoms with Gasteiger partial charge in [-0.15, -0.1) is 0 Å². The highest BCUT2D eigenvalue weighted by Crippen LogP contribution is 2.44. The number of aryl methyl sites for hydroxylation is 1. The van der Waals surface area contributed by atoms with E-state index in [2.05, 4.69) is 5.32 Å². The number of aliphatic carboxylic acids is 1. The molecule has 1 aliphatic rings. The number of carbonyl (C=O) groups is 2. The first-order chi connectivity index (χ1) is 14.9. The molecular weight excluding hydrogens is 396 g/mol. The third-order valence-electron chi connectivity index (χ3n) is 5.54. The van der Waals surface area contributed by atoms with Gasteiger partial charge >= 0.3 is 12.1 Å². The number of alkyl carbamates (subject to hydrolysis) is 1. The molecule has 0 aliphatic heterocycles. The van der Waals surface area contributed by atoms with Crippen LogP contribution >= 0.6 is 0 Å². The maximum atomic E-state index is 12.4. The summed E-state index contributed by atoms with van der Waals surface area (Å²) in [6.07, 6.45) is 0.734. The van der Waals surface area contributed by atoms with E-state index in [9.17, 15) is 19.5 Å². The topological polar surface area (TPSA) is 97.6 Å². The lowest BCUT2D eigenvalue weighted by Crippen LogP contribution is -2.43. The molecule has 7 nitrogen and oxygen atoms in total. The molecule has 0 spiro atoms. The van der Waals surface area contributed by atoms with Gasteiger partial charge in [0.05, 0.1) is 0 Å². The number of aromatic nitrogens is 1. The van der Waals surface area contributed by atoms with Crippen molar-refractivity contribution in [3.8, 4) is 11.1 Å². The lowest BCUT2D eigenvalue weighted by atomic mass is 9.98. The number of amides is 1. The normalized spacial score (nSPS) is 13.2. The average molecular weight is 418 g/mol. The SMILES string of the molecule is Cn1ccc(CC(NC(=O)OCC2c3ccccc3-c3ccccc32)C(=O)O)cc1=O. The smallest absolute Gasteiger partial charge is 0.407 e. The van der Waals surface area contributed by atoms with Crippen molar-refractivity contribution < 1.29 is 19.4 Å². The zero-order valence-corrected chi connectivity index (χ0v) is 16.9. The first-order valence-corrected chi connectivity index (χ1v) is 9.94. The van der Waals surface area contributed by atoms with Crippen LogP contribution in [0.4, 0.5) is 4.79 Å². The van der Waals surface area contributed by atoms with E-state index in [0.29, 0.717) is 5.56 Å². The Kier molecular flexibility index (Phi) is 5.58. The summed E-state index contributed by atoms with van der Waals surface area (Å²) in [5.74, 6) is -1.31. The van der Waals surface area contributed by atoms with E-state index in [0.717, 1.165) is 22.3 Å². The molecule has 1 aliphatic carbocycles. The summed E-state index contributed by atoms with van der Waals surface area (Å²) in [6, 6.07) is 17.7. The summed E-state index contributed by atoms with van der Waals surface area (Å²) in [7, 11) is 1.61. The summed E-state index contributed by atoms with van der Waals surface area (Å²) in [5.41, 5.74) is 4.65. The Morgan fingerprint density at radius 2 is 1.68 bits per heavy atom. The zero-order valence-electron chi connectivity index (χ0n) is 16.9. The minimum atomic E-state index is -1.21. The molecule has 0 fully saturated rings. The standard InChI is InChI=1S/C24H22N2O5/c1-26-11-10-15(13-22(26)27)12-21(23(28)29)25-24(30)31-14-20-18-8-4-2-6-16(18)17-7-3-5-9-19(17)20/h2-11,13,20-21H,12,14H2,1H3,(H,25,30)(H,28,29). The molecule has 0 radical (unpaired) electrons. The van der Waals surface area contributed by atoms with E-state index in [1.54, 1.807) is 19.3 Å². The Morgan fingerprint density at radius 1 is 1.06 bits per heavy atom. The number of benzene rings is 2. The molecule has 31 heavy (non-hydrogen) atoms. The molecule has 4 rings (SSSR count). The van der Waals surface area contributed by atoms with Crippen LogP contribution in [0, 0.1) is 0 Å². The Labute approximate surface area is 178 Å². The third-order valence-corrected chi connectivity index (χ3v) is 5.54. The highest BCUT2D eigenvalue weighted by atomic mass is 16.5. The second-order valence-electron chi connectivity index (χ2n) is 7.55. The maximum Gasteiger partial charge on any atom is 0.407 e. The van der Waals surface area contributed by atoms with Gasteiger partial charge in [0.1, 0.15) is 12.6 Å². The van der Waals surface area contributed by atoms with Crippen LogP contribution in [0.1, 0.15) is 22.6 Å². The van der Waals surface area contributed by atoms with Gasteiger partial charge in [-0.05, 0) is 33.9 Å². The fourth-order valence-corrected chi connectivity index (χ4v) is 3.93. The maximum absolute atomic E-state index is 12.4. The summed E-state index contributed by atoms with van der Waals surface area (Å²) in [6.45, 7) is 0.0953. The zero-order chi connectivity index (χ0) is 22.0. The van der Waals surface area contributed by atoms with Crippen molar-refractivity contribution >= 4 is 12.1 Å². The molecule has 0 saturated carbocycles. The first kappa shape index (κ1) is 20.4. The lowest BCUT2D eigenvalue weighted by molar-refractivity contribution is -0.139. The first-order valence-electron chi connectivity index (χ1n) is 9.94. The van der Waals surface area contributed by atoms with E-state index in [-0.39, 0.29) is 24.5 Å². The number of ether oxygens (including phenoxy) is 1. The predicted molar refractivity (Wildman–Crippen MR) is 115 cm³/mol. The van der Waals surface area contributed by atoms with Crippen LogP contribution in [0.25, 0.3) is 11.1 Å². The number of nitrogens with one attached hydrogen (secondary N) is 1. The van der Waals surface area contributed by atoms with Gasteiger partial charge in [-0.2, -0.15) is 0 Å². The molecule has 1 aromatic heterocycles. The summed E-state index contributed by atoms with van der Waals surface area (Å²) in [4.78, 5) is 35.8. The van der Waals surface area contributed by atoms with Gasteiger partial charge in [0.2, 0.25) is 0 Å². The van der Waals surface area contributed by atoms with Gasteiger partial charge in [-0.1, -0.05) is 48.5 Å². The van der Waals surface area contributed by atoms with Crippen LogP contribution in [-0.4, -0.2) is 34.4 Å². The largest absolute Gasteiger partial charge is 0.480 e. The van der Waals surface area contributed by atoms with E-state index >= 15 is 0 Å². The number of carbonyl (C=O) groups excluding carboxylic acids is 1. The van der Waals surface area contributed by atoms with Crippen LogP contribution in [0.2, 0.25) is 0 Å². The van der Waals surface area contributed by atoms with E-state index in [1.807, 2.05) is 48.5 Å². The predicted octanol–water partition coefficient (Wildman–Crippen LogP) is 2.92. The Hall–Kier alpha value is -3.87. The molecule has 0 saturated heterocycles. The number of carboxylic acid groups (broad SMARTS) is 1. The molecular formula is C24H22N2O5. The van der Waals surface area contributed by atoms with Crippen LogP contribution in [0.3, 0.4) is 0 Å². The monoisotopic (exact) mass is 418 g/mol. The third kappa shape index (κ3) is 4.21. The van der Waals surface area contributed by atoms with Crippen molar-refractivity contribution in [2.45, 2.75) is 18.4 Å². The van der Waals surface area contributed by atoms with E-state index in [1.165, 1.54) is 10.6 Å². The number of hydrogen-bond acceptors (Lipinski definition) is 4. The number of carboxylic acids is 1. The van der Waals surface area contributed by atoms with E-state index in [4.69, 9.17) is 4.74 Å². The molecule has 1 amide bonds. The number of rotatable bonds is 6. The molecule has 2 N–H and O–H groups in total. The molecule has 7 heteroatoms. The lowest BCUT2D eigenvalue weighted by Gasteiger charge is -2.17. The second-order valence-corrected chi connectivity index (χ2v) is 7.55. The average Bonchev–Trinajstić information content (AvgIpc) is 3.08. The fraction of sp³-hybridized carbons (Fsp3) is 0.208. The highest BCUT2D eigenvalue weighted by Gasteiger charge is 2.29. The van der Waals surface area contributed by atoms with Crippen molar-refractivity contribution in [3.05, 3.63) is 93.9 Å². The van der Waals surface area contributed by atoms with Gasteiger partial charge in [-0.3, -0.25) is 4.79 Å². The van der Waals surface area contributed by atoms with Gasteiger partial charge in [0, 0.05) is 31.6 Å². The fourth-order valence-electron chi connectivity index (χ4n) is 3.93. The molecule has 158 valence electrons. The minimum Gasteiger partial charge on any atom is -0.480 e. The Morgan fingerprint density at radius 3 is 2.26 bits per heavy atom. The Bertz CT molecular complexity index is 1150. The summed E-state index contributed by atoms with van der Waals surface area (Å²) in [5, 5.41) is 11.9. The number of hydrogen-bond donors (Lipinski definition) is 2. The van der Waals surface area contributed by atoms with Gasteiger partial charge in [0.15, 0.2) is 0 Å². The molecule has 3 aromatic rings. The van der Waals surface area contributed by atoms with Crippen molar-refractivity contribution in [3.63, 3.8) is 0 Å². The summed E-state index contributed by atoms with van der Waals surface area (Å²) >= 11 is 0. The van der Waals surface area contributed by atoms with Gasteiger partial charge < -0.3 is 19.7 Å². The van der Waals surface area contributed by atoms with E-state index < -0.39 is 18.1 Å². The van der Waals surface area contributed by atoms with Crippen LogP contribution in [0.5, 0.6) is 0 Å². The minimum absolute atomic E-state index is 0.0182. The Balaban J connectivity index is 1.44. The molecule has 1 atom stereocenters. The van der Waals surface area contributed by atoms with Crippen LogP contribution in [-0.2, 0) is 23.0 Å². The highest BCUT2D eigenvalue weighted by molar-refractivity contribution is 5.81.